The first-order valence-corrected chi connectivity index (χ1v) is 17.8. The minimum absolute atomic E-state index is 0.0747. The highest BCUT2D eigenvalue weighted by Gasteiger charge is 2.51. The summed E-state index contributed by atoms with van der Waals surface area (Å²) in [6.45, 7) is 14.5. The van der Waals surface area contributed by atoms with Crippen LogP contribution in [0.5, 0.6) is 0 Å². The van der Waals surface area contributed by atoms with Crippen molar-refractivity contribution in [2.45, 2.75) is 109 Å². The van der Waals surface area contributed by atoms with Gasteiger partial charge in [0.2, 0.25) is 0 Å². The summed E-state index contributed by atoms with van der Waals surface area (Å²) in [4.78, 5) is 41.8. The SMILES string of the molecule is CC(C)(C)OC(=O)N1CC(c2ccc(N3CCC[C@@H](N(CC4CC4)C(=O)OC(C)(C)C)C3)cn2)(n2cc(-c3cncc(C4CC4)c3)nn2)C1. The number of carbonyl (C=O) groups excluding carboxylic acids is 2. The van der Waals surface area contributed by atoms with Crippen molar-refractivity contribution in [1.29, 1.82) is 0 Å². The lowest BCUT2D eigenvalue weighted by atomic mass is 9.86. The van der Waals surface area contributed by atoms with Gasteiger partial charge in [0.25, 0.3) is 0 Å². The van der Waals surface area contributed by atoms with Crippen molar-refractivity contribution >= 4 is 17.9 Å². The number of piperidine rings is 1. The third-order valence-electron chi connectivity index (χ3n) is 9.80. The van der Waals surface area contributed by atoms with Gasteiger partial charge in [0, 0.05) is 37.6 Å². The van der Waals surface area contributed by atoms with Crippen LogP contribution in [0.1, 0.15) is 97.2 Å². The van der Waals surface area contributed by atoms with Gasteiger partial charge in [-0.05, 0) is 116 Å². The Morgan fingerprint density at radius 2 is 1.71 bits per heavy atom. The first-order chi connectivity index (χ1) is 23.3. The Balaban J connectivity index is 1.12. The summed E-state index contributed by atoms with van der Waals surface area (Å²) < 4.78 is 13.4. The van der Waals surface area contributed by atoms with E-state index in [0.29, 0.717) is 24.9 Å². The summed E-state index contributed by atoms with van der Waals surface area (Å²) >= 11 is 0. The molecule has 0 radical (unpaired) electrons. The van der Waals surface area contributed by atoms with Gasteiger partial charge in [-0.2, -0.15) is 0 Å². The molecule has 4 aliphatic rings. The van der Waals surface area contributed by atoms with E-state index in [0.717, 1.165) is 55.1 Å². The van der Waals surface area contributed by atoms with E-state index in [4.69, 9.17) is 14.5 Å². The first-order valence-electron chi connectivity index (χ1n) is 17.8. The van der Waals surface area contributed by atoms with Gasteiger partial charge < -0.3 is 24.2 Å². The van der Waals surface area contributed by atoms with Crippen molar-refractivity contribution < 1.29 is 19.1 Å². The van der Waals surface area contributed by atoms with E-state index >= 15 is 0 Å². The van der Waals surface area contributed by atoms with Crippen molar-refractivity contribution in [2.24, 2.45) is 5.92 Å². The summed E-state index contributed by atoms with van der Waals surface area (Å²) in [7, 11) is 0. The van der Waals surface area contributed by atoms with Crippen LogP contribution >= 0.6 is 0 Å². The van der Waals surface area contributed by atoms with Gasteiger partial charge in [0.05, 0.1) is 42.9 Å². The average molecular weight is 671 g/mol. The Kier molecular flexibility index (Phi) is 8.55. The van der Waals surface area contributed by atoms with Gasteiger partial charge in [0.1, 0.15) is 22.4 Å². The van der Waals surface area contributed by atoms with E-state index in [2.05, 4.69) is 32.3 Å². The molecule has 0 bridgehead atoms. The lowest BCUT2D eigenvalue weighted by Crippen LogP contribution is -2.65. The summed E-state index contributed by atoms with van der Waals surface area (Å²) in [5, 5.41) is 9.14. The van der Waals surface area contributed by atoms with Gasteiger partial charge in [-0.15, -0.1) is 5.10 Å². The zero-order valence-electron chi connectivity index (χ0n) is 29.8. The van der Waals surface area contributed by atoms with Crippen LogP contribution in [0.15, 0.2) is 43.0 Å². The van der Waals surface area contributed by atoms with Crippen molar-refractivity contribution in [3.05, 3.63) is 54.2 Å². The summed E-state index contributed by atoms with van der Waals surface area (Å²) in [6, 6.07) is 6.37. The van der Waals surface area contributed by atoms with E-state index in [9.17, 15) is 9.59 Å². The average Bonchev–Trinajstić information content (AvgIpc) is 3.97. The largest absolute Gasteiger partial charge is 0.444 e. The van der Waals surface area contributed by atoms with Gasteiger partial charge in [-0.3, -0.25) is 9.97 Å². The monoisotopic (exact) mass is 670 g/mol. The zero-order valence-corrected chi connectivity index (χ0v) is 29.8. The van der Waals surface area contributed by atoms with E-state index < -0.39 is 16.7 Å². The van der Waals surface area contributed by atoms with Crippen LogP contribution in [0, 0.1) is 5.92 Å². The van der Waals surface area contributed by atoms with Crippen LogP contribution in [0.4, 0.5) is 15.3 Å². The van der Waals surface area contributed by atoms with Gasteiger partial charge in [-0.25, -0.2) is 14.3 Å². The predicted molar refractivity (Wildman–Crippen MR) is 185 cm³/mol. The van der Waals surface area contributed by atoms with Crippen LogP contribution in [0.3, 0.4) is 0 Å². The highest BCUT2D eigenvalue weighted by Crippen LogP contribution is 2.41. The topological polar surface area (TPSA) is 119 Å². The number of hydrogen-bond donors (Lipinski definition) is 0. The van der Waals surface area contributed by atoms with Crippen molar-refractivity contribution in [3.8, 4) is 11.3 Å². The predicted octanol–water partition coefficient (Wildman–Crippen LogP) is 6.22. The highest BCUT2D eigenvalue weighted by molar-refractivity contribution is 5.70. The van der Waals surface area contributed by atoms with Crippen LogP contribution in [0.25, 0.3) is 11.3 Å². The minimum atomic E-state index is -0.704. The van der Waals surface area contributed by atoms with Crippen molar-refractivity contribution in [2.75, 3.05) is 37.6 Å². The Hall–Kier alpha value is -4.22. The second kappa shape index (κ2) is 12.6. The molecule has 0 aromatic carbocycles. The molecule has 2 aliphatic carbocycles. The number of amides is 2. The van der Waals surface area contributed by atoms with E-state index in [1.54, 1.807) is 4.90 Å². The molecule has 3 aromatic rings. The Labute approximate surface area is 289 Å². The third kappa shape index (κ3) is 7.52. The number of aromatic nitrogens is 5. The standard InChI is InChI=1S/C37H50N8O4/c1-35(2,3)48-33(46)43-23-37(24-43,45-22-31(40-41-45)28-16-27(17-38-18-28)26-11-12-26)32-14-13-29(19-39-32)42-15-7-8-30(21-42)44(20-25-9-10-25)34(47)49-36(4,5)6/h13-14,16-19,22,25-26,30H,7-12,15,20-21,23-24H2,1-6H3/t30-/m1/s1. The number of anilines is 1. The Morgan fingerprint density at radius 1 is 0.959 bits per heavy atom. The molecular formula is C37H50N8O4. The van der Waals surface area contributed by atoms with Crippen LogP contribution < -0.4 is 4.90 Å². The van der Waals surface area contributed by atoms with Crippen LogP contribution in [-0.4, -0.2) is 96.9 Å². The number of carbonyl (C=O) groups is 2. The molecule has 3 aromatic heterocycles. The Bertz CT molecular complexity index is 1660. The van der Waals surface area contributed by atoms with Crippen LogP contribution in [0.2, 0.25) is 0 Å². The maximum atomic E-state index is 13.3. The molecule has 2 saturated heterocycles. The second-order valence-electron chi connectivity index (χ2n) is 16.4. The molecule has 5 heterocycles. The third-order valence-corrected chi connectivity index (χ3v) is 9.80. The molecule has 49 heavy (non-hydrogen) atoms. The fraction of sp³-hybridized carbons (Fsp3) is 0.622. The molecule has 2 aliphatic heterocycles. The molecule has 2 saturated carbocycles. The quantitative estimate of drug-likeness (QED) is 0.275. The summed E-state index contributed by atoms with van der Waals surface area (Å²) in [5.41, 5.74) is 2.87. The summed E-state index contributed by atoms with van der Waals surface area (Å²) in [5.74, 6) is 1.15. The van der Waals surface area contributed by atoms with Crippen molar-refractivity contribution in [3.63, 3.8) is 0 Å². The number of ether oxygens (including phenoxy) is 2. The maximum Gasteiger partial charge on any atom is 0.410 e. The minimum Gasteiger partial charge on any atom is -0.444 e. The van der Waals surface area contributed by atoms with Crippen molar-refractivity contribution in [1.82, 2.24) is 34.8 Å². The number of pyridine rings is 2. The molecule has 12 heteroatoms. The fourth-order valence-corrected chi connectivity index (χ4v) is 6.87. The van der Waals surface area contributed by atoms with Gasteiger partial charge in [0.15, 0.2) is 0 Å². The first kappa shape index (κ1) is 33.3. The second-order valence-corrected chi connectivity index (χ2v) is 16.4. The molecule has 0 unspecified atom stereocenters. The molecular weight excluding hydrogens is 620 g/mol. The molecule has 0 spiro atoms. The molecule has 7 rings (SSSR count). The number of hydrogen-bond acceptors (Lipinski definition) is 9. The maximum absolute atomic E-state index is 13.3. The molecule has 262 valence electrons. The molecule has 2 amide bonds. The molecule has 12 nitrogen and oxygen atoms in total. The normalized spacial score (nSPS) is 20.8. The number of likely N-dealkylation sites (tertiary alicyclic amines) is 1. The van der Waals surface area contributed by atoms with E-state index in [1.165, 1.54) is 31.2 Å². The smallest absolute Gasteiger partial charge is 0.410 e. The van der Waals surface area contributed by atoms with Crippen LogP contribution in [-0.2, 0) is 15.0 Å². The molecule has 4 fully saturated rings. The molecule has 1 atom stereocenters. The zero-order chi connectivity index (χ0) is 34.6. The number of nitrogens with zero attached hydrogens (tertiary/aromatic N) is 8. The highest BCUT2D eigenvalue weighted by atomic mass is 16.6. The summed E-state index contributed by atoms with van der Waals surface area (Å²) in [6.07, 6.45) is 13.7. The van der Waals surface area contributed by atoms with E-state index in [1.807, 2.05) is 82.0 Å². The van der Waals surface area contributed by atoms with Gasteiger partial charge >= 0.3 is 12.2 Å². The fourth-order valence-electron chi connectivity index (χ4n) is 6.87. The lowest BCUT2D eigenvalue weighted by molar-refractivity contribution is -0.0212. The Morgan fingerprint density at radius 3 is 2.37 bits per heavy atom. The number of rotatable bonds is 8. The van der Waals surface area contributed by atoms with Gasteiger partial charge in [-0.1, -0.05) is 5.21 Å². The molecule has 0 N–H and O–H groups in total. The lowest BCUT2D eigenvalue weighted by Gasteiger charge is -2.49. The van der Waals surface area contributed by atoms with E-state index in [-0.39, 0.29) is 18.2 Å².